The van der Waals surface area contributed by atoms with Crippen molar-refractivity contribution >= 4 is 11.8 Å². The maximum Gasteiger partial charge on any atom is 0.0233 e. The molecule has 1 atom stereocenters. The van der Waals surface area contributed by atoms with Gasteiger partial charge in [-0.2, -0.15) is 11.8 Å². The molecule has 15 heavy (non-hydrogen) atoms. The summed E-state index contributed by atoms with van der Waals surface area (Å²) in [7, 11) is 0. The van der Waals surface area contributed by atoms with Gasteiger partial charge >= 0.3 is 0 Å². The van der Waals surface area contributed by atoms with Gasteiger partial charge in [0.15, 0.2) is 0 Å². The van der Waals surface area contributed by atoms with Gasteiger partial charge in [0.05, 0.1) is 0 Å². The van der Waals surface area contributed by atoms with Crippen molar-refractivity contribution in [2.75, 3.05) is 5.75 Å². The lowest BCUT2D eigenvalue weighted by Crippen LogP contribution is -2.20. The van der Waals surface area contributed by atoms with Gasteiger partial charge < -0.3 is 0 Å². The van der Waals surface area contributed by atoms with E-state index in [4.69, 9.17) is 0 Å². The monoisotopic (exact) mass is 224 g/mol. The van der Waals surface area contributed by atoms with Crippen molar-refractivity contribution in [1.82, 2.24) is 0 Å². The summed E-state index contributed by atoms with van der Waals surface area (Å²) in [6.45, 7) is 4.78. The Balaban J connectivity index is 1.71. The van der Waals surface area contributed by atoms with E-state index < -0.39 is 0 Å². The Morgan fingerprint density at radius 1 is 1.20 bits per heavy atom. The fourth-order valence-corrected chi connectivity index (χ4v) is 4.11. The molecule has 0 radical (unpaired) electrons. The van der Waals surface area contributed by atoms with Crippen molar-refractivity contribution in [3.05, 3.63) is 12.2 Å². The Hall–Kier alpha value is 0.0900. The third-order valence-electron chi connectivity index (χ3n) is 4.16. The van der Waals surface area contributed by atoms with Crippen LogP contribution in [0.4, 0.5) is 0 Å². The highest BCUT2D eigenvalue weighted by molar-refractivity contribution is 8.00. The standard InChI is InChI=1S/C14H24S/c1-11(2)13-7-5-12(6-8-13)10-14-4-3-9-15-14/h3-4,11-14H,5-10H2,1-2H3. The normalized spacial score (nSPS) is 36.3. The van der Waals surface area contributed by atoms with Crippen LogP contribution in [0.1, 0.15) is 46.0 Å². The molecule has 0 amide bonds. The minimum Gasteiger partial charge on any atom is -0.150 e. The zero-order chi connectivity index (χ0) is 10.7. The molecule has 1 unspecified atom stereocenters. The Morgan fingerprint density at radius 2 is 1.93 bits per heavy atom. The van der Waals surface area contributed by atoms with Crippen LogP contribution in [-0.2, 0) is 0 Å². The van der Waals surface area contributed by atoms with Crippen LogP contribution in [0.3, 0.4) is 0 Å². The summed E-state index contributed by atoms with van der Waals surface area (Å²) in [5, 5.41) is 0.852. The van der Waals surface area contributed by atoms with E-state index >= 15 is 0 Å². The van der Waals surface area contributed by atoms with Gasteiger partial charge in [-0.05, 0) is 37.0 Å². The summed E-state index contributed by atoms with van der Waals surface area (Å²) in [5.41, 5.74) is 0. The molecular weight excluding hydrogens is 200 g/mol. The molecule has 0 N–H and O–H groups in total. The van der Waals surface area contributed by atoms with Gasteiger partial charge in [-0.3, -0.25) is 0 Å². The second-order valence-corrected chi connectivity index (χ2v) is 6.83. The Kier molecular flexibility index (Phi) is 4.19. The molecule has 86 valence electrons. The van der Waals surface area contributed by atoms with Crippen molar-refractivity contribution in [2.45, 2.75) is 51.2 Å². The molecule has 0 nitrogen and oxygen atoms in total. The van der Waals surface area contributed by atoms with Gasteiger partial charge in [0.2, 0.25) is 0 Å². The summed E-state index contributed by atoms with van der Waals surface area (Å²) in [6, 6.07) is 0. The highest BCUT2D eigenvalue weighted by Crippen LogP contribution is 2.37. The summed E-state index contributed by atoms with van der Waals surface area (Å²) >= 11 is 2.13. The van der Waals surface area contributed by atoms with Crippen molar-refractivity contribution in [2.24, 2.45) is 17.8 Å². The topological polar surface area (TPSA) is 0 Å². The van der Waals surface area contributed by atoms with E-state index in [0.717, 1.165) is 23.0 Å². The minimum absolute atomic E-state index is 0.852. The number of hydrogen-bond donors (Lipinski definition) is 0. The Morgan fingerprint density at radius 3 is 2.47 bits per heavy atom. The smallest absolute Gasteiger partial charge is 0.0233 e. The van der Waals surface area contributed by atoms with E-state index in [1.807, 2.05) is 0 Å². The number of rotatable bonds is 3. The van der Waals surface area contributed by atoms with Crippen LogP contribution < -0.4 is 0 Å². The van der Waals surface area contributed by atoms with Crippen LogP contribution >= 0.6 is 11.8 Å². The molecule has 1 fully saturated rings. The van der Waals surface area contributed by atoms with Gasteiger partial charge in [-0.25, -0.2) is 0 Å². The van der Waals surface area contributed by atoms with Gasteiger partial charge in [0.1, 0.15) is 0 Å². The van der Waals surface area contributed by atoms with E-state index in [2.05, 4.69) is 37.8 Å². The van der Waals surface area contributed by atoms with Gasteiger partial charge in [-0.1, -0.05) is 38.8 Å². The largest absolute Gasteiger partial charge is 0.150 e. The lowest BCUT2D eigenvalue weighted by molar-refractivity contribution is 0.219. The molecule has 0 aromatic carbocycles. The molecule has 2 rings (SSSR count). The first-order chi connectivity index (χ1) is 7.25. The fraction of sp³-hybridized carbons (Fsp3) is 0.857. The van der Waals surface area contributed by atoms with Crippen molar-refractivity contribution in [1.29, 1.82) is 0 Å². The highest BCUT2D eigenvalue weighted by Gasteiger charge is 2.25. The minimum atomic E-state index is 0.852. The third kappa shape index (κ3) is 3.27. The Bertz CT molecular complexity index is 211. The third-order valence-corrected chi connectivity index (χ3v) is 5.32. The molecule has 1 saturated carbocycles. The summed E-state index contributed by atoms with van der Waals surface area (Å²) < 4.78 is 0. The number of thioether (sulfide) groups is 1. The second kappa shape index (κ2) is 5.43. The van der Waals surface area contributed by atoms with Gasteiger partial charge in [0.25, 0.3) is 0 Å². The van der Waals surface area contributed by atoms with Crippen LogP contribution in [0.25, 0.3) is 0 Å². The summed E-state index contributed by atoms with van der Waals surface area (Å²) in [4.78, 5) is 0. The zero-order valence-electron chi connectivity index (χ0n) is 10.1. The quantitative estimate of drug-likeness (QED) is 0.636. The zero-order valence-corrected chi connectivity index (χ0v) is 10.9. The van der Waals surface area contributed by atoms with Crippen LogP contribution in [0, 0.1) is 17.8 Å². The van der Waals surface area contributed by atoms with E-state index in [1.54, 1.807) is 0 Å². The van der Waals surface area contributed by atoms with Crippen LogP contribution in [0.5, 0.6) is 0 Å². The van der Waals surface area contributed by atoms with Crippen molar-refractivity contribution in [3.8, 4) is 0 Å². The van der Waals surface area contributed by atoms with Crippen molar-refractivity contribution < 1.29 is 0 Å². The predicted molar refractivity (Wildman–Crippen MR) is 70.3 cm³/mol. The average molecular weight is 224 g/mol. The van der Waals surface area contributed by atoms with E-state index in [9.17, 15) is 0 Å². The molecule has 0 bridgehead atoms. The first-order valence-corrected chi connectivity index (χ1v) is 7.59. The molecular formula is C14H24S. The summed E-state index contributed by atoms with van der Waals surface area (Å²) in [6.07, 6.45) is 12.2. The van der Waals surface area contributed by atoms with E-state index in [-0.39, 0.29) is 0 Å². The SMILES string of the molecule is CC(C)C1CCC(CC2C=CCS2)CC1. The van der Waals surface area contributed by atoms with Gasteiger partial charge in [0, 0.05) is 11.0 Å². The maximum atomic E-state index is 2.43. The first-order valence-electron chi connectivity index (χ1n) is 6.54. The predicted octanol–water partition coefficient (Wildman–Crippen LogP) is 4.51. The van der Waals surface area contributed by atoms with Gasteiger partial charge in [-0.15, -0.1) is 0 Å². The molecule has 1 heterocycles. The summed E-state index contributed by atoms with van der Waals surface area (Å²) in [5.74, 6) is 4.21. The molecule has 2 aliphatic rings. The first kappa shape index (κ1) is 11.6. The molecule has 0 aromatic heterocycles. The highest BCUT2D eigenvalue weighted by atomic mass is 32.2. The van der Waals surface area contributed by atoms with Crippen molar-refractivity contribution in [3.63, 3.8) is 0 Å². The van der Waals surface area contributed by atoms with Crippen LogP contribution in [0.2, 0.25) is 0 Å². The molecule has 0 aromatic rings. The average Bonchev–Trinajstić information content (AvgIpc) is 2.71. The lowest BCUT2D eigenvalue weighted by Gasteiger charge is -2.31. The Labute approximate surface area is 98.9 Å². The maximum absolute atomic E-state index is 2.43. The van der Waals surface area contributed by atoms with E-state index in [0.29, 0.717) is 0 Å². The fourth-order valence-electron chi connectivity index (χ4n) is 3.01. The molecule has 1 aliphatic carbocycles. The molecule has 0 saturated heterocycles. The number of hydrogen-bond acceptors (Lipinski definition) is 1. The van der Waals surface area contributed by atoms with Crippen LogP contribution in [0.15, 0.2) is 12.2 Å². The molecule has 1 heteroatoms. The van der Waals surface area contributed by atoms with Crippen LogP contribution in [-0.4, -0.2) is 11.0 Å². The molecule has 0 spiro atoms. The van der Waals surface area contributed by atoms with E-state index in [1.165, 1.54) is 37.9 Å². The second-order valence-electron chi connectivity index (χ2n) is 5.56. The molecule has 1 aliphatic heterocycles. The lowest BCUT2D eigenvalue weighted by atomic mass is 9.75.